The molecule has 1 aromatic carbocycles. The van der Waals surface area contributed by atoms with Crippen LogP contribution in [-0.2, 0) is 49.7 Å². The predicted octanol–water partition coefficient (Wildman–Crippen LogP) is 1.14. The zero-order chi connectivity index (χ0) is 43.4. The summed E-state index contributed by atoms with van der Waals surface area (Å²) in [7, 11) is 0. The van der Waals surface area contributed by atoms with Gasteiger partial charge in [0.2, 0.25) is 41.4 Å². The summed E-state index contributed by atoms with van der Waals surface area (Å²) in [6.45, 7) is 8.76. The van der Waals surface area contributed by atoms with Crippen LogP contribution in [0.4, 0.5) is 0 Å². The number of carbonyl (C=O) groups is 8. The molecule has 0 aliphatic carbocycles. The second kappa shape index (κ2) is 21.5. The molecule has 0 radical (unpaired) electrons. The van der Waals surface area contributed by atoms with Crippen LogP contribution in [0.15, 0.2) is 30.3 Å². The highest BCUT2D eigenvalue weighted by molar-refractivity contribution is 8.01. The van der Waals surface area contributed by atoms with Gasteiger partial charge in [-0.3, -0.25) is 33.6 Å². The van der Waals surface area contributed by atoms with E-state index in [4.69, 9.17) is 10.5 Å². The summed E-state index contributed by atoms with van der Waals surface area (Å²) in [5, 5.41) is 19.8. The molecule has 17 nitrogen and oxygen atoms in total. The lowest BCUT2D eigenvalue weighted by Gasteiger charge is -2.44. The number of unbranched alkanes of at least 4 members (excludes halogenated alkanes) is 6. The van der Waals surface area contributed by atoms with Gasteiger partial charge in [0.25, 0.3) is 0 Å². The van der Waals surface area contributed by atoms with Crippen molar-refractivity contribution in [3.63, 3.8) is 0 Å². The topological polar surface area (TPSA) is 247 Å². The Morgan fingerprint density at radius 3 is 2.24 bits per heavy atom. The van der Waals surface area contributed by atoms with Crippen molar-refractivity contribution in [3.8, 4) is 0 Å². The largest absolute Gasteiger partial charge is 0.459 e. The Kier molecular flexibility index (Phi) is 17.1. The molecule has 3 saturated heterocycles. The summed E-state index contributed by atoms with van der Waals surface area (Å²) in [5.41, 5.74) is 6.18. The third-order valence-corrected chi connectivity index (χ3v) is 12.5. The number of hydrogen-bond donors (Lipinski definition) is 6. The van der Waals surface area contributed by atoms with E-state index in [1.54, 1.807) is 26.0 Å². The third kappa shape index (κ3) is 12.4. The van der Waals surface area contributed by atoms with Gasteiger partial charge in [-0.05, 0) is 52.5 Å². The molecule has 1 aromatic rings. The van der Waals surface area contributed by atoms with Crippen molar-refractivity contribution in [1.82, 2.24) is 31.1 Å². The Balaban J connectivity index is 1.30. The molecule has 0 unspecified atom stereocenters. The first-order chi connectivity index (χ1) is 28.0. The van der Waals surface area contributed by atoms with Gasteiger partial charge in [-0.25, -0.2) is 4.79 Å². The van der Waals surface area contributed by atoms with Crippen LogP contribution < -0.4 is 27.0 Å². The second-order valence-electron chi connectivity index (χ2n) is 16.1. The van der Waals surface area contributed by atoms with Crippen molar-refractivity contribution in [2.75, 3.05) is 6.54 Å². The van der Waals surface area contributed by atoms with E-state index in [0.717, 1.165) is 37.7 Å². The van der Waals surface area contributed by atoms with Crippen LogP contribution in [0.5, 0.6) is 0 Å². The Bertz CT molecular complexity index is 1690. The number of amides is 7. The maximum atomic E-state index is 13.5. The fourth-order valence-corrected chi connectivity index (χ4v) is 9.25. The number of fused-ring (bicyclic) bond motifs is 1. The summed E-state index contributed by atoms with van der Waals surface area (Å²) in [6, 6.07) is 1.91. The molecule has 18 heteroatoms. The van der Waals surface area contributed by atoms with E-state index in [0.29, 0.717) is 25.8 Å². The molecule has 0 saturated carbocycles. The molecule has 7 N–H and O–H groups in total. The second-order valence-corrected chi connectivity index (χ2v) is 17.9. The average Bonchev–Trinajstić information content (AvgIpc) is 3.78. The van der Waals surface area contributed by atoms with Crippen molar-refractivity contribution in [2.24, 2.45) is 5.73 Å². The van der Waals surface area contributed by atoms with Crippen LogP contribution in [0, 0.1) is 0 Å². The number of benzene rings is 1. The van der Waals surface area contributed by atoms with Gasteiger partial charge >= 0.3 is 5.97 Å². The van der Waals surface area contributed by atoms with E-state index in [9.17, 15) is 43.5 Å². The standard InChI is InChI=1S/C41H61N7O10S/c1-6-7-8-9-10-11-15-20-30(51)47-21-16-19-28(47)36(54)45-31(25(3)49)37(55)43-24(2)34(52)44-27(22-29(42)50)35(53)46-32-38(56)48-33(41(4,5)59-39(32)48)40(57)58-23-26-17-13-12-14-18-26/h12-14,17-18,24-25,27-28,31-33,39,49H,6-11,15-16,19-23H2,1-5H3,(H2,42,50)(H,43,55)(H,44,52)(H,45,54)(H,46,53)/t24-,25+,27-,28-,31-,32-,33-,39+/m0/s1. The van der Waals surface area contributed by atoms with Gasteiger partial charge in [0, 0.05) is 17.7 Å². The maximum absolute atomic E-state index is 13.5. The number of nitrogens with two attached hydrogens (primary N) is 1. The SMILES string of the molecule is CCCCCCCCCC(=O)N1CCC[C@H]1C(=O)N[C@H](C(=O)N[C@@H](C)C(=O)N[C@@H](CC(N)=O)C(=O)N[C@H]1C(=O)N2[C@@H]1SC(C)(C)[C@@H]2C(=O)OCc1ccccc1)[C@@H](C)O. The highest BCUT2D eigenvalue weighted by atomic mass is 32.2. The Labute approximate surface area is 350 Å². The van der Waals surface area contributed by atoms with Crippen molar-refractivity contribution >= 4 is 59.1 Å². The number of aliphatic hydroxyl groups is 1. The normalized spacial score (nSPS) is 22.5. The number of rotatable bonds is 22. The van der Waals surface area contributed by atoms with Gasteiger partial charge in [0.05, 0.1) is 12.5 Å². The van der Waals surface area contributed by atoms with Crippen LogP contribution in [0.1, 0.15) is 111 Å². The van der Waals surface area contributed by atoms with Gasteiger partial charge < -0.3 is 46.6 Å². The highest BCUT2D eigenvalue weighted by Gasteiger charge is 2.64. The number of esters is 1. The lowest BCUT2D eigenvalue weighted by Crippen LogP contribution is -2.72. The average molecular weight is 844 g/mol. The predicted molar refractivity (Wildman–Crippen MR) is 219 cm³/mol. The monoisotopic (exact) mass is 843 g/mol. The molecule has 59 heavy (non-hydrogen) atoms. The van der Waals surface area contributed by atoms with Gasteiger partial charge in [0.15, 0.2) is 0 Å². The lowest BCUT2D eigenvalue weighted by atomic mass is 9.95. The van der Waals surface area contributed by atoms with Crippen LogP contribution in [-0.4, -0.2) is 121 Å². The lowest BCUT2D eigenvalue weighted by molar-refractivity contribution is -0.165. The Morgan fingerprint density at radius 2 is 1.59 bits per heavy atom. The number of primary amides is 1. The molecule has 0 spiro atoms. The minimum atomic E-state index is -1.54. The minimum absolute atomic E-state index is 0.0201. The fraction of sp³-hybridized carbons (Fsp3) is 0.659. The van der Waals surface area contributed by atoms with Crippen molar-refractivity contribution in [2.45, 2.75) is 164 Å². The number of likely N-dealkylation sites (tertiary alicyclic amines) is 1. The Hall–Kier alpha value is -4.71. The first-order valence-electron chi connectivity index (χ1n) is 20.6. The van der Waals surface area contributed by atoms with Crippen LogP contribution in [0.25, 0.3) is 0 Å². The summed E-state index contributed by atoms with van der Waals surface area (Å²) >= 11 is 1.30. The van der Waals surface area contributed by atoms with E-state index < -0.39 is 100 Å². The van der Waals surface area contributed by atoms with E-state index in [-0.39, 0.29) is 12.5 Å². The smallest absolute Gasteiger partial charge is 0.330 e. The van der Waals surface area contributed by atoms with Crippen molar-refractivity contribution in [3.05, 3.63) is 35.9 Å². The molecule has 3 aliphatic rings. The molecule has 7 amide bonds. The molecule has 0 aromatic heterocycles. The zero-order valence-corrected chi connectivity index (χ0v) is 35.5. The quantitative estimate of drug-likeness (QED) is 0.0549. The van der Waals surface area contributed by atoms with Crippen LogP contribution >= 0.6 is 11.8 Å². The van der Waals surface area contributed by atoms with E-state index in [2.05, 4.69) is 28.2 Å². The number of β-lactam (4-membered cyclic amide) rings is 1. The summed E-state index contributed by atoms with van der Waals surface area (Å²) < 4.78 is 4.77. The van der Waals surface area contributed by atoms with E-state index >= 15 is 0 Å². The van der Waals surface area contributed by atoms with Crippen molar-refractivity contribution < 1.29 is 48.2 Å². The molecular weight excluding hydrogens is 783 g/mol. The highest BCUT2D eigenvalue weighted by Crippen LogP contribution is 2.51. The first-order valence-corrected chi connectivity index (χ1v) is 21.5. The van der Waals surface area contributed by atoms with Crippen LogP contribution in [0.3, 0.4) is 0 Å². The number of ether oxygens (including phenoxy) is 1. The van der Waals surface area contributed by atoms with E-state index in [1.165, 1.54) is 48.3 Å². The number of hydrogen-bond acceptors (Lipinski definition) is 11. The minimum Gasteiger partial charge on any atom is -0.459 e. The maximum Gasteiger partial charge on any atom is 0.330 e. The summed E-state index contributed by atoms with van der Waals surface area (Å²) in [5.74, 6) is -5.49. The Morgan fingerprint density at radius 1 is 0.932 bits per heavy atom. The van der Waals surface area contributed by atoms with Gasteiger partial charge in [0.1, 0.15) is 48.2 Å². The molecule has 3 fully saturated rings. The first kappa shape index (κ1) is 47.0. The number of carbonyl (C=O) groups excluding carboxylic acids is 8. The molecular formula is C41H61N7O10S. The molecule has 4 rings (SSSR count). The van der Waals surface area contributed by atoms with Gasteiger partial charge in [-0.15, -0.1) is 11.8 Å². The van der Waals surface area contributed by atoms with Crippen molar-refractivity contribution in [1.29, 1.82) is 0 Å². The molecule has 3 aliphatic heterocycles. The van der Waals surface area contributed by atoms with Gasteiger partial charge in [-0.2, -0.15) is 0 Å². The van der Waals surface area contributed by atoms with E-state index in [1.807, 2.05) is 18.2 Å². The third-order valence-electron chi connectivity index (χ3n) is 10.9. The number of thioether (sulfide) groups is 1. The van der Waals surface area contributed by atoms with Crippen LogP contribution in [0.2, 0.25) is 0 Å². The zero-order valence-electron chi connectivity index (χ0n) is 34.7. The summed E-state index contributed by atoms with van der Waals surface area (Å²) in [6.07, 6.45) is 6.66. The molecule has 3 heterocycles. The molecule has 0 bridgehead atoms. The fourth-order valence-electron chi connectivity index (χ4n) is 7.63. The number of nitrogens with zero attached hydrogens (tertiary/aromatic N) is 2. The number of aliphatic hydroxyl groups excluding tert-OH is 1. The van der Waals surface area contributed by atoms with Gasteiger partial charge in [-0.1, -0.05) is 75.8 Å². The summed E-state index contributed by atoms with van der Waals surface area (Å²) in [4.78, 5) is 108. The molecule has 8 atom stereocenters. The number of nitrogens with one attached hydrogen (secondary N) is 4. The molecule has 326 valence electrons.